The maximum absolute atomic E-state index is 12.1. The molecule has 0 aliphatic carbocycles. The van der Waals surface area contributed by atoms with Crippen LogP contribution in [-0.4, -0.2) is 36.7 Å². The molecule has 0 spiro atoms. The molecule has 0 atom stereocenters. The fourth-order valence-corrected chi connectivity index (χ4v) is 2.83. The maximum atomic E-state index is 12.1. The summed E-state index contributed by atoms with van der Waals surface area (Å²) in [5.74, 6) is 0.243. The first-order chi connectivity index (χ1) is 12.1. The number of carbonyl (C=O) groups excluding carboxylic acids is 2. The normalized spacial score (nSPS) is 15.8. The Bertz CT molecular complexity index is 589. The van der Waals surface area contributed by atoms with Gasteiger partial charge in [0.1, 0.15) is 6.61 Å². The Balaban J connectivity index is 1.71. The number of hydrogen-bond acceptors (Lipinski definition) is 4. The first-order valence-electron chi connectivity index (χ1n) is 8.89. The molecular weight excluding hydrogens is 318 g/mol. The van der Waals surface area contributed by atoms with E-state index in [9.17, 15) is 9.59 Å². The summed E-state index contributed by atoms with van der Waals surface area (Å²) in [6, 6.07) is 9.69. The largest absolute Gasteiger partial charge is 0.463 e. The van der Waals surface area contributed by atoms with Crippen LogP contribution in [0.25, 0.3) is 0 Å². The predicted molar refractivity (Wildman–Crippen MR) is 95.9 cm³/mol. The summed E-state index contributed by atoms with van der Waals surface area (Å²) in [4.78, 5) is 25.5. The minimum Gasteiger partial charge on any atom is -0.463 e. The Morgan fingerprint density at radius 3 is 2.48 bits per heavy atom. The van der Waals surface area contributed by atoms with Gasteiger partial charge < -0.3 is 14.4 Å². The topological polar surface area (TPSA) is 55.8 Å². The molecule has 1 aromatic rings. The highest BCUT2D eigenvalue weighted by Gasteiger charge is 2.23. The molecule has 1 fully saturated rings. The van der Waals surface area contributed by atoms with Crippen molar-refractivity contribution >= 4 is 12.1 Å². The van der Waals surface area contributed by atoms with Crippen LogP contribution >= 0.6 is 0 Å². The van der Waals surface area contributed by atoms with Gasteiger partial charge in [0.05, 0.1) is 6.61 Å². The van der Waals surface area contributed by atoms with Crippen LogP contribution in [0.5, 0.6) is 0 Å². The predicted octanol–water partition coefficient (Wildman–Crippen LogP) is 3.93. The Morgan fingerprint density at radius 2 is 1.84 bits per heavy atom. The highest BCUT2D eigenvalue weighted by atomic mass is 16.6. The summed E-state index contributed by atoms with van der Waals surface area (Å²) in [6.07, 6.45) is 4.39. The van der Waals surface area contributed by atoms with Gasteiger partial charge in [0.2, 0.25) is 0 Å². The Hall–Kier alpha value is -2.30. The molecule has 0 saturated carbocycles. The number of carbonyl (C=O) groups is 2. The van der Waals surface area contributed by atoms with Crippen molar-refractivity contribution in [2.24, 2.45) is 5.92 Å². The van der Waals surface area contributed by atoms with E-state index in [1.54, 1.807) is 18.7 Å². The number of hydrogen-bond donors (Lipinski definition) is 0. The van der Waals surface area contributed by atoms with Crippen LogP contribution in [0, 0.1) is 5.92 Å². The van der Waals surface area contributed by atoms with Crippen LogP contribution in [0.3, 0.4) is 0 Å². The molecule has 0 bridgehead atoms. The van der Waals surface area contributed by atoms with Crippen LogP contribution in [0.1, 0.15) is 38.7 Å². The zero-order valence-electron chi connectivity index (χ0n) is 15.1. The van der Waals surface area contributed by atoms with Crippen molar-refractivity contribution in [3.63, 3.8) is 0 Å². The number of amides is 1. The molecule has 25 heavy (non-hydrogen) atoms. The molecule has 0 unspecified atom stereocenters. The summed E-state index contributed by atoms with van der Waals surface area (Å²) < 4.78 is 10.4. The van der Waals surface area contributed by atoms with Gasteiger partial charge >= 0.3 is 12.1 Å². The number of rotatable bonds is 6. The highest BCUT2D eigenvalue weighted by molar-refractivity contribution is 5.87. The molecule has 5 nitrogen and oxygen atoms in total. The van der Waals surface area contributed by atoms with E-state index in [-0.39, 0.29) is 12.1 Å². The number of ether oxygens (including phenoxy) is 2. The molecule has 5 heteroatoms. The second-order valence-corrected chi connectivity index (χ2v) is 6.31. The molecule has 2 rings (SSSR count). The van der Waals surface area contributed by atoms with E-state index < -0.39 is 0 Å². The van der Waals surface area contributed by atoms with Crippen molar-refractivity contribution in [1.82, 2.24) is 4.90 Å². The average molecular weight is 345 g/mol. The summed E-state index contributed by atoms with van der Waals surface area (Å²) >= 11 is 0. The molecule has 1 aliphatic rings. The fraction of sp³-hybridized carbons (Fsp3) is 0.500. The number of piperidine rings is 1. The molecule has 0 aromatic heterocycles. The third-order valence-corrected chi connectivity index (χ3v) is 4.43. The lowest BCUT2D eigenvalue weighted by molar-refractivity contribution is -0.138. The number of likely N-dealkylation sites (tertiary alicyclic amines) is 1. The first-order valence-corrected chi connectivity index (χ1v) is 8.89. The van der Waals surface area contributed by atoms with E-state index in [1.165, 1.54) is 0 Å². The van der Waals surface area contributed by atoms with E-state index >= 15 is 0 Å². The van der Waals surface area contributed by atoms with Crippen LogP contribution < -0.4 is 0 Å². The van der Waals surface area contributed by atoms with E-state index in [2.05, 4.69) is 0 Å². The summed E-state index contributed by atoms with van der Waals surface area (Å²) in [6.45, 7) is 5.69. The molecule has 1 aromatic carbocycles. The minimum atomic E-state index is -0.249. The molecule has 0 radical (unpaired) electrons. The maximum Gasteiger partial charge on any atom is 0.410 e. The zero-order chi connectivity index (χ0) is 18.1. The van der Waals surface area contributed by atoms with Crippen molar-refractivity contribution in [2.45, 2.75) is 39.7 Å². The Labute approximate surface area is 149 Å². The van der Waals surface area contributed by atoms with Gasteiger partial charge in [-0.15, -0.1) is 0 Å². The molecule has 0 N–H and O–H groups in total. The van der Waals surface area contributed by atoms with Gasteiger partial charge in [-0.05, 0) is 44.6 Å². The molecule has 136 valence electrons. The van der Waals surface area contributed by atoms with Crippen molar-refractivity contribution in [3.05, 3.63) is 47.5 Å². The average Bonchev–Trinajstić information content (AvgIpc) is 2.65. The van der Waals surface area contributed by atoms with Crippen molar-refractivity contribution in [2.75, 3.05) is 19.7 Å². The van der Waals surface area contributed by atoms with Gasteiger partial charge in [-0.2, -0.15) is 0 Å². The van der Waals surface area contributed by atoms with Gasteiger partial charge in [-0.25, -0.2) is 9.59 Å². The summed E-state index contributed by atoms with van der Waals surface area (Å²) in [5.41, 5.74) is 1.65. The van der Waals surface area contributed by atoms with Gasteiger partial charge in [-0.1, -0.05) is 36.4 Å². The Morgan fingerprint density at radius 1 is 1.16 bits per heavy atom. The van der Waals surface area contributed by atoms with Gasteiger partial charge in [0.25, 0.3) is 0 Å². The van der Waals surface area contributed by atoms with Crippen LogP contribution in [0.4, 0.5) is 4.79 Å². The number of nitrogens with zero attached hydrogens (tertiary/aromatic N) is 1. The minimum absolute atomic E-state index is 0.246. The third kappa shape index (κ3) is 6.25. The summed E-state index contributed by atoms with van der Waals surface area (Å²) in [7, 11) is 0. The van der Waals surface area contributed by atoms with Crippen LogP contribution in [0.2, 0.25) is 0 Å². The van der Waals surface area contributed by atoms with E-state index in [1.807, 2.05) is 36.4 Å². The fourth-order valence-electron chi connectivity index (χ4n) is 2.83. The lowest BCUT2D eigenvalue weighted by Crippen LogP contribution is -2.38. The second-order valence-electron chi connectivity index (χ2n) is 6.31. The monoisotopic (exact) mass is 345 g/mol. The molecule has 1 aliphatic heterocycles. The molecule has 1 saturated heterocycles. The standard InChI is InChI=1S/C20H27NO4/c1-3-24-19(22)16(2)9-10-17-11-13-21(14-12-17)20(23)25-15-18-7-5-4-6-8-18/h4-9,17H,3,10-15H2,1-2H3. The number of benzene rings is 1. The SMILES string of the molecule is CCOC(=O)C(C)=CCC1CCN(C(=O)OCc2ccccc2)CC1. The quantitative estimate of drug-likeness (QED) is 0.579. The van der Waals surface area contributed by atoms with E-state index in [0.717, 1.165) is 24.8 Å². The van der Waals surface area contributed by atoms with Gasteiger partial charge in [0, 0.05) is 18.7 Å². The second kappa shape index (κ2) is 9.87. The zero-order valence-corrected chi connectivity index (χ0v) is 15.1. The van der Waals surface area contributed by atoms with Crippen molar-refractivity contribution < 1.29 is 19.1 Å². The van der Waals surface area contributed by atoms with Gasteiger partial charge in [-0.3, -0.25) is 0 Å². The lowest BCUT2D eigenvalue weighted by Gasteiger charge is -2.30. The molecular formula is C20H27NO4. The third-order valence-electron chi connectivity index (χ3n) is 4.43. The lowest BCUT2D eigenvalue weighted by atomic mass is 9.93. The molecule has 1 amide bonds. The van der Waals surface area contributed by atoms with Crippen LogP contribution in [-0.2, 0) is 20.9 Å². The van der Waals surface area contributed by atoms with Crippen LogP contribution in [0.15, 0.2) is 42.0 Å². The first kappa shape index (κ1) is 19.0. The van der Waals surface area contributed by atoms with E-state index in [4.69, 9.17) is 9.47 Å². The van der Waals surface area contributed by atoms with Gasteiger partial charge in [0.15, 0.2) is 0 Å². The number of allylic oxidation sites excluding steroid dienone is 1. The smallest absolute Gasteiger partial charge is 0.410 e. The van der Waals surface area contributed by atoms with E-state index in [0.29, 0.717) is 37.8 Å². The summed E-state index contributed by atoms with van der Waals surface area (Å²) in [5, 5.41) is 0. The highest BCUT2D eigenvalue weighted by Crippen LogP contribution is 2.22. The number of esters is 1. The van der Waals surface area contributed by atoms with Crippen molar-refractivity contribution in [1.29, 1.82) is 0 Å². The Kier molecular flexibility index (Phi) is 7.51. The van der Waals surface area contributed by atoms with Crippen molar-refractivity contribution in [3.8, 4) is 0 Å². The molecule has 1 heterocycles.